The molecule has 0 aromatic heterocycles. The number of benzene rings is 1. The monoisotopic (exact) mass is 396 g/mol. The molecule has 150 valence electrons. The number of amides is 2. The van der Waals surface area contributed by atoms with Crippen LogP contribution < -0.4 is 10.1 Å². The van der Waals surface area contributed by atoms with Crippen molar-refractivity contribution >= 4 is 23.4 Å². The van der Waals surface area contributed by atoms with E-state index in [0.717, 1.165) is 12.0 Å². The van der Waals surface area contributed by atoms with Crippen LogP contribution in [-0.4, -0.2) is 59.5 Å². The molecule has 1 aromatic carbocycles. The number of aliphatic hydroxyl groups is 1. The predicted molar refractivity (Wildman–Crippen MR) is 105 cm³/mol. The summed E-state index contributed by atoms with van der Waals surface area (Å²) in [5, 5.41) is 13.1. The van der Waals surface area contributed by atoms with Gasteiger partial charge in [0.15, 0.2) is 0 Å². The van der Waals surface area contributed by atoms with Gasteiger partial charge in [-0.05, 0) is 50.3 Å². The molecule has 1 unspecified atom stereocenters. The molecule has 3 atom stereocenters. The minimum Gasteiger partial charge on any atom is -0.488 e. The smallest absolute Gasteiger partial charge is 0.242 e. The third-order valence-electron chi connectivity index (χ3n) is 4.97. The highest BCUT2D eigenvalue weighted by Gasteiger charge is 2.23. The molecule has 0 spiro atoms. The second-order valence-electron chi connectivity index (χ2n) is 6.99. The summed E-state index contributed by atoms with van der Waals surface area (Å²) in [6.07, 6.45) is 1.79. The molecule has 1 heterocycles. The number of rotatable bonds is 2. The summed E-state index contributed by atoms with van der Waals surface area (Å²) in [6, 6.07) is 7.12. The first-order chi connectivity index (χ1) is 12.9. The second-order valence-corrected chi connectivity index (χ2v) is 7.30. The molecule has 0 fully saturated rings. The SMILES string of the molecule is C[C@H]1C(=O)NCCc2cccc(c2)O[C@H](C(O)CCl)CCCCC(=O)N1C. The van der Waals surface area contributed by atoms with Crippen molar-refractivity contribution in [3.63, 3.8) is 0 Å². The third kappa shape index (κ3) is 6.40. The van der Waals surface area contributed by atoms with Crippen molar-refractivity contribution in [2.24, 2.45) is 0 Å². The van der Waals surface area contributed by atoms with Crippen LogP contribution in [0, 0.1) is 0 Å². The van der Waals surface area contributed by atoms with Crippen LogP contribution in [0.5, 0.6) is 5.75 Å². The van der Waals surface area contributed by atoms with Gasteiger partial charge in [0, 0.05) is 20.0 Å². The Labute approximate surface area is 165 Å². The van der Waals surface area contributed by atoms with Gasteiger partial charge in [-0.15, -0.1) is 11.6 Å². The first-order valence-corrected chi connectivity index (χ1v) is 9.98. The molecule has 2 rings (SSSR count). The quantitative estimate of drug-likeness (QED) is 0.750. The summed E-state index contributed by atoms with van der Waals surface area (Å²) < 4.78 is 5.98. The Hall–Kier alpha value is -1.79. The highest BCUT2D eigenvalue weighted by molar-refractivity contribution is 6.18. The van der Waals surface area contributed by atoms with Crippen LogP contribution in [0.25, 0.3) is 0 Å². The molecule has 6 nitrogen and oxygen atoms in total. The van der Waals surface area contributed by atoms with Crippen molar-refractivity contribution in [1.82, 2.24) is 10.2 Å². The minimum absolute atomic E-state index is 0.0645. The molecule has 1 aromatic rings. The number of carbonyl (C=O) groups excluding carboxylic acids is 2. The second kappa shape index (κ2) is 10.5. The number of nitrogens with one attached hydrogen (secondary N) is 1. The third-order valence-corrected chi connectivity index (χ3v) is 5.29. The molecule has 2 amide bonds. The standard InChI is InChI=1S/C20H29ClN2O4/c1-14-20(26)22-11-10-15-6-5-7-16(12-15)27-18(17(24)13-21)8-3-4-9-19(25)23(14)2/h5-7,12,14,17-18,24H,3-4,8-11,13H2,1-2H3,(H,22,26)/t14-,17?,18-/m0/s1. The van der Waals surface area contributed by atoms with Crippen molar-refractivity contribution in [3.05, 3.63) is 29.8 Å². The molecule has 0 radical (unpaired) electrons. The molecule has 1 aliphatic heterocycles. The lowest BCUT2D eigenvalue weighted by Gasteiger charge is -2.25. The van der Waals surface area contributed by atoms with Crippen molar-refractivity contribution in [2.45, 2.75) is 57.3 Å². The van der Waals surface area contributed by atoms with E-state index < -0.39 is 18.2 Å². The molecule has 0 saturated heterocycles. The molecule has 0 saturated carbocycles. The Kier molecular flexibility index (Phi) is 8.38. The van der Waals surface area contributed by atoms with Crippen molar-refractivity contribution in [1.29, 1.82) is 0 Å². The first kappa shape index (κ1) is 21.5. The van der Waals surface area contributed by atoms with E-state index in [1.807, 2.05) is 24.3 Å². The van der Waals surface area contributed by atoms with Crippen LogP contribution in [0.3, 0.4) is 0 Å². The number of nitrogens with zero attached hydrogens (tertiary/aromatic N) is 1. The number of fused-ring (bicyclic) bond motifs is 2. The van der Waals surface area contributed by atoms with E-state index in [1.165, 1.54) is 4.90 Å². The van der Waals surface area contributed by atoms with Crippen LogP contribution in [-0.2, 0) is 16.0 Å². The maximum absolute atomic E-state index is 12.3. The van der Waals surface area contributed by atoms with Gasteiger partial charge < -0.3 is 20.1 Å². The van der Waals surface area contributed by atoms with Crippen LogP contribution in [0.1, 0.15) is 38.2 Å². The Morgan fingerprint density at radius 3 is 2.85 bits per heavy atom. The molecule has 0 aliphatic carbocycles. The van der Waals surface area contributed by atoms with Gasteiger partial charge in [-0.1, -0.05) is 12.1 Å². The maximum Gasteiger partial charge on any atom is 0.242 e. The lowest BCUT2D eigenvalue weighted by atomic mass is 10.1. The summed E-state index contributed by atoms with van der Waals surface area (Å²) in [7, 11) is 1.66. The first-order valence-electron chi connectivity index (χ1n) is 9.45. The van der Waals surface area contributed by atoms with E-state index in [2.05, 4.69) is 5.32 Å². The number of alkyl halides is 1. The topological polar surface area (TPSA) is 78.9 Å². The number of ether oxygens (including phenoxy) is 1. The average Bonchev–Trinajstić information content (AvgIpc) is 2.67. The fourth-order valence-electron chi connectivity index (χ4n) is 3.05. The Morgan fingerprint density at radius 2 is 2.11 bits per heavy atom. The van der Waals surface area contributed by atoms with Gasteiger partial charge in [-0.2, -0.15) is 0 Å². The molecule has 1 aliphatic rings. The minimum atomic E-state index is -0.771. The van der Waals surface area contributed by atoms with E-state index in [4.69, 9.17) is 16.3 Å². The molecular weight excluding hydrogens is 368 g/mol. The molecule has 27 heavy (non-hydrogen) atoms. The molecule has 2 bridgehead atoms. The van der Waals surface area contributed by atoms with Gasteiger partial charge >= 0.3 is 0 Å². The average molecular weight is 397 g/mol. The normalized spacial score (nSPS) is 24.1. The van der Waals surface area contributed by atoms with Gasteiger partial charge in [0.05, 0.1) is 5.88 Å². The van der Waals surface area contributed by atoms with Crippen LogP contribution in [0.2, 0.25) is 0 Å². The fraction of sp³-hybridized carbons (Fsp3) is 0.600. The van der Waals surface area contributed by atoms with E-state index in [0.29, 0.717) is 38.0 Å². The number of likely N-dealkylation sites (N-methyl/N-ethyl adjacent to an activating group) is 1. The highest BCUT2D eigenvalue weighted by Crippen LogP contribution is 2.20. The summed E-state index contributed by atoms with van der Waals surface area (Å²) >= 11 is 5.82. The zero-order valence-electron chi connectivity index (χ0n) is 16.0. The van der Waals surface area contributed by atoms with Crippen LogP contribution in [0.15, 0.2) is 24.3 Å². The van der Waals surface area contributed by atoms with E-state index in [9.17, 15) is 14.7 Å². The number of halogens is 1. The van der Waals surface area contributed by atoms with Crippen molar-refractivity contribution < 1.29 is 19.4 Å². The Balaban J connectivity index is 2.16. The maximum atomic E-state index is 12.3. The number of hydrogen-bond donors (Lipinski definition) is 2. The molecular formula is C20H29ClN2O4. The van der Waals surface area contributed by atoms with Crippen LogP contribution in [0.4, 0.5) is 0 Å². The summed E-state index contributed by atoms with van der Waals surface area (Å²) in [5.74, 6) is 0.542. The number of aliphatic hydroxyl groups excluding tert-OH is 1. The van der Waals surface area contributed by atoms with Gasteiger partial charge in [0.1, 0.15) is 24.0 Å². The van der Waals surface area contributed by atoms with Gasteiger partial charge in [0.25, 0.3) is 0 Å². The van der Waals surface area contributed by atoms with Gasteiger partial charge in [0.2, 0.25) is 11.8 Å². The Bertz CT molecular complexity index is 640. The summed E-state index contributed by atoms with van der Waals surface area (Å²) in [4.78, 5) is 26.1. The number of carbonyl (C=O) groups is 2. The van der Waals surface area contributed by atoms with E-state index >= 15 is 0 Å². The van der Waals surface area contributed by atoms with Crippen LogP contribution >= 0.6 is 11.6 Å². The molecule has 7 heteroatoms. The Morgan fingerprint density at radius 1 is 1.33 bits per heavy atom. The zero-order chi connectivity index (χ0) is 19.8. The molecule has 2 N–H and O–H groups in total. The summed E-state index contributed by atoms with van der Waals surface area (Å²) in [6.45, 7) is 2.21. The van der Waals surface area contributed by atoms with Gasteiger partial charge in [-0.25, -0.2) is 0 Å². The summed E-state index contributed by atoms with van der Waals surface area (Å²) in [5.41, 5.74) is 1.02. The van der Waals surface area contributed by atoms with E-state index in [-0.39, 0.29) is 17.7 Å². The zero-order valence-corrected chi connectivity index (χ0v) is 16.7. The largest absolute Gasteiger partial charge is 0.488 e. The lowest BCUT2D eigenvalue weighted by Crippen LogP contribution is -2.46. The highest BCUT2D eigenvalue weighted by atomic mass is 35.5. The lowest BCUT2D eigenvalue weighted by molar-refractivity contribution is -0.138. The van der Waals surface area contributed by atoms with Crippen molar-refractivity contribution in [3.8, 4) is 5.75 Å². The fourth-order valence-corrected chi connectivity index (χ4v) is 3.24. The predicted octanol–water partition coefficient (Wildman–Crippen LogP) is 2.11. The number of hydrogen-bond acceptors (Lipinski definition) is 4. The van der Waals surface area contributed by atoms with E-state index in [1.54, 1.807) is 14.0 Å². The van der Waals surface area contributed by atoms with Crippen molar-refractivity contribution in [2.75, 3.05) is 19.5 Å². The van der Waals surface area contributed by atoms with Gasteiger partial charge in [-0.3, -0.25) is 9.59 Å².